The third kappa shape index (κ3) is 6.76. The minimum atomic E-state index is 0.473. The molecule has 3 rings (SSSR count). The summed E-state index contributed by atoms with van der Waals surface area (Å²) in [5.41, 5.74) is 1.32. The number of rotatable bonds is 7. The highest BCUT2D eigenvalue weighted by molar-refractivity contribution is 7.11. The van der Waals surface area contributed by atoms with Gasteiger partial charge in [-0.25, -0.2) is 4.98 Å². The van der Waals surface area contributed by atoms with Gasteiger partial charge in [-0.2, -0.15) is 0 Å². The first kappa shape index (κ1) is 21.1. The van der Waals surface area contributed by atoms with E-state index in [9.17, 15) is 0 Å². The molecule has 0 atom stereocenters. The molecule has 1 aromatic heterocycles. The Balaban J connectivity index is 1.44. The molecule has 1 aromatic carbocycles. The maximum Gasteiger partial charge on any atom is 0.191 e. The van der Waals surface area contributed by atoms with Crippen molar-refractivity contribution >= 4 is 28.9 Å². The summed E-state index contributed by atoms with van der Waals surface area (Å²) < 4.78 is 0. The Hall–Kier alpha value is -1.63. The van der Waals surface area contributed by atoms with E-state index in [1.807, 2.05) is 18.3 Å². The number of hydrogen-bond donors (Lipinski definition) is 2. The highest BCUT2D eigenvalue weighted by Gasteiger charge is 2.20. The van der Waals surface area contributed by atoms with Crippen LogP contribution in [-0.2, 0) is 13.0 Å². The van der Waals surface area contributed by atoms with Gasteiger partial charge in [0.25, 0.3) is 0 Å². The fourth-order valence-corrected chi connectivity index (χ4v) is 4.28. The molecular formula is C21H30ClN5S. The number of likely N-dealkylation sites (tertiary alicyclic amines) is 1. The maximum atomic E-state index is 5.98. The van der Waals surface area contributed by atoms with E-state index >= 15 is 0 Å². The van der Waals surface area contributed by atoms with Gasteiger partial charge in [-0.05, 0) is 44.4 Å². The van der Waals surface area contributed by atoms with E-state index in [1.54, 1.807) is 11.3 Å². The summed E-state index contributed by atoms with van der Waals surface area (Å²) >= 11 is 7.73. The zero-order valence-corrected chi connectivity index (χ0v) is 18.3. The van der Waals surface area contributed by atoms with E-state index < -0.39 is 0 Å². The monoisotopic (exact) mass is 419 g/mol. The number of halogens is 1. The lowest BCUT2D eigenvalue weighted by atomic mass is 10.0. The average Bonchev–Trinajstić information content (AvgIpc) is 3.10. The van der Waals surface area contributed by atoms with Crippen molar-refractivity contribution in [2.45, 2.75) is 45.7 Å². The number of hydrogen-bond acceptors (Lipinski definition) is 4. The fraction of sp³-hybridized carbons (Fsp3) is 0.524. The largest absolute Gasteiger partial charge is 0.357 e. The highest BCUT2D eigenvalue weighted by atomic mass is 35.5. The summed E-state index contributed by atoms with van der Waals surface area (Å²) in [5.74, 6) is 0.923. The van der Waals surface area contributed by atoms with Gasteiger partial charge in [0.05, 0.1) is 5.01 Å². The van der Waals surface area contributed by atoms with Gasteiger partial charge in [0.2, 0.25) is 0 Å². The lowest BCUT2D eigenvalue weighted by molar-refractivity contribution is 0.198. The molecule has 2 N–H and O–H groups in total. The Bertz CT molecular complexity index is 750. The number of aliphatic imine (C=N–C) groups is 1. The summed E-state index contributed by atoms with van der Waals surface area (Å²) in [6.45, 7) is 9.02. The van der Waals surface area contributed by atoms with Crippen molar-refractivity contribution in [1.29, 1.82) is 0 Å². The molecular weight excluding hydrogens is 390 g/mol. The van der Waals surface area contributed by atoms with Gasteiger partial charge in [0.1, 0.15) is 0 Å². The van der Waals surface area contributed by atoms with E-state index in [4.69, 9.17) is 16.6 Å². The number of nitrogens with zero attached hydrogens (tertiary/aromatic N) is 3. The molecule has 1 aliphatic heterocycles. The van der Waals surface area contributed by atoms with Gasteiger partial charge in [0.15, 0.2) is 5.96 Å². The van der Waals surface area contributed by atoms with Crippen LogP contribution in [0.15, 0.2) is 35.5 Å². The van der Waals surface area contributed by atoms with Crippen molar-refractivity contribution in [3.8, 4) is 0 Å². The van der Waals surface area contributed by atoms with Crippen LogP contribution in [0.25, 0.3) is 0 Å². The number of thiazole rings is 1. The van der Waals surface area contributed by atoms with Gasteiger partial charge < -0.3 is 10.6 Å². The molecule has 0 radical (unpaired) electrons. The van der Waals surface area contributed by atoms with E-state index in [2.05, 4.69) is 46.5 Å². The Morgan fingerprint density at radius 1 is 1.29 bits per heavy atom. The number of nitrogens with one attached hydrogen (secondary N) is 2. The van der Waals surface area contributed by atoms with Crippen molar-refractivity contribution in [1.82, 2.24) is 20.5 Å². The molecule has 1 aliphatic rings. The van der Waals surface area contributed by atoms with Crippen molar-refractivity contribution in [2.75, 3.05) is 26.2 Å². The lowest BCUT2D eigenvalue weighted by Crippen LogP contribution is -2.48. The van der Waals surface area contributed by atoms with Crippen LogP contribution in [-0.4, -0.2) is 48.1 Å². The van der Waals surface area contributed by atoms with Crippen LogP contribution in [0.1, 0.15) is 35.2 Å². The van der Waals surface area contributed by atoms with E-state index in [0.717, 1.165) is 68.0 Å². The Morgan fingerprint density at radius 2 is 2.04 bits per heavy atom. The Kier molecular flexibility index (Phi) is 8.13. The van der Waals surface area contributed by atoms with Crippen LogP contribution in [0.3, 0.4) is 0 Å². The normalized spacial score (nSPS) is 16.3. The summed E-state index contributed by atoms with van der Waals surface area (Å²) in [4.78, 5) is 12.9. The number of piperidine rings is 1. The molecule has 0 amide bonds. The molecule has 28 heavy (non-hydrogen) atoms. The highest BCUT2D eigenvalue weighted by Crippen LogP contribution is 2.16. The van der Waals surface area contributed by atoms with Crippen LogP contribution in [0.4, 0.5) is 0 Å². The van der Waals surface area contributed by atoms with Crippen LogP contribution in [0.2, 0.25) is 5.02 Å². The minimum Gasteiger partial charge on any atom is -0.357 e. The first-order chi connectivity index (χ1) is 13.6. The molecule has 0 spiro atoms. The standard InChI is InChI=1S/C21H30ClN5S/c1-3-23-21(24-11-8-20-25-14-16(2)28-20)26-19-9-12-27(13-10-19)15-17-4-6-18(22)7-5-17/h4-7,14,19H,3,8-13,15H2,1-2H3,(H2,23,24,26). The molecule has 5 nitrogen and oxygen atoms in total. The van der Waals surface area contributed by atoms with Gasteiger partial charge in [-0.3, -0.25) is 9.89 Å². The molecule has 0 saturated carbocycles. The molecule has 0 unspecified atom stereocenters. The lowest BCUT2D eigenvalue weighted by Gasteiger charge is -2.33. The quantitative estimate of drug-likeness (QED) is 0.528. The SMILES string of the molecule is CCNC(=NCCc1ncc(C)s1)NC1CCN(Cc2ccc(Cl)cc2)CC1. The van der Waals surface area contributed by atoms with Crippen molar-refractivity contribution in [3.63, 3.8) is 0 Å². The molecule has 2 heterocycles. The number of aryl methyl sites for hydroxylation is 1. The predicted octanol–water partition coefficient (Wildman–Crippen LogP) is 3.87. The maximum absolute atomic E-state index is 5.98. The first-order valence-electron chi connectivity index (χ1n) is 10.1. The first-order valence-corrected chi connectivity index (χ1v) is 11.2. The van der Waals surface area contributed by atoms with Gasteiger partial charge in [-0.1, -0.05) is 23.7 Å². The zero-order valence-electron chi connectivity index (χ0n) is 16.7. The zero-order chi connectivity index (χ0) is 19.8. The van der Waals surface area contributed by atoms with E-state index in [0.29, 0.717) is 6.04 Å². The third-order valence-corrected chi connectivity index (χ3v) is 6.08. The van der Waals surface area contributed by atoms with Gasteiger partial charge >= 0.3 is 0 Å². The molecule has 7 heteroatoms. The second-order valence-electron chi connectivity index (χ2n) is 7.20. The second-order valence-corrected chi connectivity index (χ2v) is 8.95. The molecule has 1 fully saturated rings. The summed E-state index contributed by atoms with van der Waals surface area (Å²) in [7, 11) is 0. The average molecular weight is 420 g/mol. The summed E-state index contributed by atoms with van der Waals surface area (Å²) in [6, 6.07) is 8.65. The van der Waals surface area contributed by atoms with Crippen molar-refractivity contribution in [3.05, 3.63) is 50.9 Å². The van der Waals surface area contributed by atoms with Gasteiger partial charge in [-0.15, -0.1) is 11.3 Å². The Labute approximate surface area is 177 Å². The molecule has 2 aromatic rings. The predicted molar refractivity (Wildman–Crippen MR) is 119 cm³/mol. The molecule has 0 bridgehead atoms. The van der Waals surface area contributed by atoms with Crippen LogP contribution >= 0.6 is 22.9 Å². The van der Waals surface area contributed by atoms with Crippen molar-refractivity contribution < 1.29 is 0 Å². The topological polar surface area (TPSA) is 52.6 Å². The number of guanidine groups is 1. The summed E-state index contributed by atoms with van der Waals surface area (Å²) in [5, 5.41) is 8.95. The molecule has 1 saturated heterocycles. The molecule has 152 valence electrons. The smallest absolute Gasteiger partial charge is 0.191 e. The van der Waals surface area contributed by atoms with Crippen molar-refractivity contribution in [2.24, 2.45) is 4.99 Å². The fourth-order valence-electron chi connectivity index (χ4n) is 3.38. The van der Waals surface area contributed by atoms with Crippen LogP contribution < -0.4 is 10.6 Å². The van der Waals surface area contributed by atoms with Crippen LogP contribution in [0.5, 0.6) is 0 Å². The van der Waals surface area contributed by atoms with Crippen LogP contribution in [0, 0.1) is 6.92 Å². The molecule has 0 aliphatic carbocycles. The number of benzene rings is 1. The minimum absolute atomic E-state index is 0.473. The van der Waals surface area contributed by atoms with E-state index in [1.165, 1.54) is 10.4 Å². The third-order valence-electron chi connectivity index (χ3n) is 4.86. The van der Waals surface area contributed by atoms with E-state index in [-0.39, 0.29) is 0 Å². The number of aromatic nitrogens is 1. The Morgan fingerprint density at radius 3 is 2.68 bits per heavy atom. The summed E-state index contributed by atoms with van der Waals surface area (Å²) in [6.07, 6.45) is 5.09. The second kappa shape index (κ2) is 10.8. The van der Waals surface area contributed by atoms with Gasteiger partial charge in [0, 0.05) is 61.3 Å².